The monoisotopic (exact) mass is 1070 g/mol. The van der Waals surface area contributed by atoms with Gasteiger partial charge in [-0.1, -0.05) is 140 Å². The van der Waals surface area contributed by atoms with Crippen LogP contribution in [-0.2, 0) is 37.3 Å². The Morgan fingerprint density at radius 2 is 1.27 bits per heavy atom. The fourth-order valence-corrected chi connectivity index (χ4v) is 10.4. The zero-order chi connectivity index (χ0) is 45.7. The predicted molar refractivity (Wildman–Crippen MR) is 268 cm³/mol. The molecule has 0 unspecified atom stereocenters. The first kappa shape index (κ1) is 45.2. The van der Waals surface area contributed by atoms with Gasteiger partial charge in [-0.25, -0.2) is 13.8 Å². The number of imidazole rings is 1. The number of fused-ring (bicyclic) bond motifs is 6. The number of nitrogens with zero attached hydrogens (tertiary/aromatic N) is 3. The minimum atomic E-state index is -0.607. The third kappa shape index (κ3) is 7.74. The summed E-state index contributed by atoms with van der Waals surface area (Å²) in [4.78, 5) is 10.5. The fraction of sp³-hybridized carbons (Fsp3) is 0.207. The van der Waals surface area contributed by atoms with Gasteiger partial charge < -0.3 is 5.11 Å². The summed E-state index contributed by atoms with van der Waals surface area (Å²) in [7, 11) is 0. The van der Waals surface area contributed by atoms with Crippen LogP contribution in [-0.4, -0.2) is 19.6 Å². The summed E-state index contributed by atoms with van der Waals surface area (Å²) in [5, 5.41) is 15.3. The van der Waals surface area contributed by atoms with Crippen LogP contribution in [0.1, 0.15) is 79.0 Å². The largest absolute Gasteiger partial charge is 0.507 e. The third-order valence-corrected chi connectivity index (χ3v) is 13.9. The Morgan fingerprint density at radius 1 is 0.591 bits per heavy atom. The number of phenols is 1. The molecule has 1 N–H and O–H groups in total. The van der Waals surface area contributed by atoms with Crippen LogP contribution in [0.5, 0.6) is 5.75 Å². The molecule has 0 atom stereocenters. The first-order valence-electron chi connectivity index (χ1n) is 22.1. The van der Waals surface area contributed by atoms with E-state index in [-0.39, 0.29) is 43.1 Å². The Balaban J connectivity index is 0.00000548. The summed E-state index contributed by atoms with van der Waals surface area (Å²) in [5.74, 6) is -0.340. The van der Waals surface area contributed by atoms with Crippen LogP contribution in [0, 0.1) is 17.7 Å². The number of para-hydroxylation sites is 1. The minimum Gasteiger partial charge on any atom is -0.507 e. The van der Waals surface area contributed by atoms with E-state index in [2.05, 4.69) is 146 Å². The minimum absolute atomic E-state index is 0. The molecule has 0 radical (unpaired) electrons. The van der Waals surface area contributed by atoms with Crippen LogP contribution in [0.25, 0.3) is 92.6 Å². The van der Waals surface area contributed by atoms with Gasteiger partial charge in [-0.05, 0) is 74.7 Å². The summed E-state index contributed by atoms with van der Waals surface area (Å²) < 4.78 is 33.5. The van der Waals surface area contributed by atoms with E-state index < -0.39 is 11.6 Å². The number of hydrogen-bond donors (Lipinski definition) is 1. The second-order valence-corrected chi connectivity index (χ2v) is 21.3. The van der Waals surface area contributed by atoms with Crippen LogP contribution in [0.3, 0.4) is 0 Å². The summed E-state index contributed by atoms with van der Waals surface area (Å²) >= 11 is 1.49. The molecule has 0 aliphatic heterocycles. The summed E-state index contributed by atoms with van der Waals surface area (Å²) in [6, 6.07) is 45.4. The van der Waals surface area contributed by atoms with Crippen molar-refractivity contribution in [1.29, 1.82) is 0 Å². The van der Waals surface area contributed by atoms with Gasteiger partial charge in [0.1, 0.15) is 23.2 Å². The van der Waals surface area contributed by atoms with Gasteiger partial charge in [-0.15, -0.1) is 41.2 Å². The molecule has 3 heterocycles. The van der Waals surface area contributed by atoms with Crippen LogP contribution in [0.2, 0.25) is 0 Å². The number of halogens is 2. The van der Waals surface area contributed by atoms with E-state index in [1.807, 2.05) is 36.4 Å². The normalized spacial score (nSPS) is 12.4. The number of aromatic nitrogens is 3. The van der Waals surface area contributed by atoms with Crippen molar-refractivity contribution in [2.45, 2.75) is 78.6 Å². The molecule has 8 heteroatoms. The summed E-state index contributed by atoms with van der Waals surface area (Å²) in [5.41, 5.74) is 11.1. The molecule has 0 bridgehead atoms. The molecule has 0 spiro atoms. The number of thiophene rings is 1. The summed E-state index contributed by atoms with van der Waals surface area (Å²) in [6.07, 6.45) is 1.79. The standard InChI is InChI=1S/C58H50F2N3OS.Pt/c1-56(2,3)36-21-24-48(43(28-36)33-15-11-10-12-16-33)63-49-20-14-19-39(51(49)62-55(63)45-29-37(57(4,5)6)30-46(52(45)64)58(7,8)9)34-17-13-18-35(27-34)50-54-42(25-26-61-50)41-23-22-40-44(53(41)65-54)31-38(59)32-47(40)60;/h10-26,28-32,64H,1-9H3;/q-1;. The first-order chi connectivity index (χ1) is 30.9. The van der Waals surface area contributed by atoms with Crippen LogP contribution in [0.15, 0.2) is 134 Å². The van der Waals surface area contributed by atoms with Crippen molar-refractivity contribution in [3.63, 3.8) is 0 Å². The molecule has 0 amide bonds. The first-order valence-corrected chi connectivity index (χ1v) is 22.9. The zero-order valence-electron chi connectivity index (χ0n) is 38.5. The molecule has 0 saturated carbocycles. The van der Waals surface area contributed by atoms with E-state index in [0.717, 1.165) is 87.6 Å². The maximum Gasteiger partial charge on any atom is 0.148 e. The second kappa shape index (κ2) is 16.4. The number of benzene rings is 7. The molecule has 0 saturated heterocycles. The Labute approximate surface area is 403 Å². The summed E-state index contributed by atoms with van der Waals surface area (Å²) in [6.45, 7) is 19.7. The number of hydrogen-bond acceptors (Lipinski definition) is 4. The van der Waals surface area contributed by atoms with Crippen molar-refractivity contribution in [3.05, 3.63) is 168 Å². The average molecular weight is 1070 g/mol. The van der Waals surface area contributed by atoms with Crippen LogP contribution < -0.4 is 0 Å². The van der Waals surface area contributed by atoms with E-state index in [4.69, 9.17) is 9.97 Å². The molecule has 0 aliphatic carbocycles. The van der Waals surface area contributed by atoms with Crippen LogP contribution in [0.4, 0.5) is 8.78 Å². The molecule has 10 aromatic rings. The molecule has 0 fully saturated rings. The number of pyridine rings is 1. The van der Waals surface area contributed by atoms with Gasteiger partial charge in [-0.2, -0.15) is 0 Å². The topological polar surface area (TPSA) is 50.9 Å². The predicted octanol–water partition coefficient (Wildman–Crippen LogP) is 16.3. The van der Waals surface area contributed by atoms with Crippen molar-refractivity contribution >= 4 is 53.3 Å². The van der Waals surface area contributed by atoms with Crippen molar-refractivity contribution < 1.29 is 35.0 Å². The Kier molecular flexibility index (Phi) is 11.2. The van der Waals surface area contributed by atoms with Crippen molar-refractivity contribution in [1.82, 2.24) is 14.5 Å². The van der Waals surface area contributed by atoms with E-state index in [9.17, 15) is 13.9 Å². The van der Waals surface area contributed by atoms with Gasteiger partial charge >= 0.3 is 0 Å². The molecular formula is C58H50F2N3OPtS-. The van der Waals surface area contributed by atoms with E-state index in [0.29, 0.717) is 22.2 Å². The molecule has 66 heavy (non-hydrogen) atoms. The van der Waals surface area contributed by atoms with Gasteiger partial charge in [-0.3, -0.25) is 9.55 Å². The molecule has 10 rings (SSSR count). The van der Waals surface area contributed by atoms with Crippen molar-refractivity contribution in [3.8, 4) is 56.3 Å². The van der Waals surface area contributed by atoms with E-state index in [1.165, 1.54) is 23.0 Å². The van der Waals surface area contributed by atoms with Crippen molar-refractivity contribution in [2.75, 3.05) is 0 Å². The quantitative estimate of drug-likeness (QED) is 0.175. The molecule has 334 valence electrons. The Hall–Kier alpha value is -6.01. The van der Waals surface area contributed by atoms with E-state index in [1.54, 1.807) is 12.3 Å². The van der Waals surface area contributed by atoms with Gasteiger partial charge in [0.15, 0.2) is 0 Å². The van der Waals surface area contributed by atoms with Gasteiger partial charge in [0.25, 0.3) is 0 Å². The molecule has 3 aromatic heterocycles. The molecular weight excluding hydrogens is 1020 g/mol. The average Bonchev–Trinajstić information content (AvgIpc) is 3.85. The smallest absolute Gasteiger partial charge is 0.148 e. The van der Waals surface area contributed by atoms with Crippen molar-refractivity contribution in [2.24, 2.45) is 0 Å². The Morgan fingerprint density at radius 3 is 2.00 bits per heavy atom. The van der Waals surface area contributed by atoms with Gasteiger partial charge in [0.05, 0.1) is 22.3 Å². The fourth-order valence-electron chi connectivity index (χ4n) is 9.07. The molecule has 0 aliphatic rings. The molecule has 4 nitrogen and oxygen atoms in total. The zero-order valence-corrected chi connectivity index (χ0v) is 41.6. The number of rotatable bonds is 5. The number of aromatic hydroxyl groups is 1. The Bertz CT molecular complexity index is 3530. The van der Waals surface area contributed by atoms with Gasteiger partial charge in [0.2, 0.25) is 0 Å². The maximum absolute atomic E-state index is 14.9. The third-order valence-electron chi connectivity index (χ3n) is 12.6. The van der Waals surface area contributed by atoms with Gasteiger partial charge in [0, 0.05) is 75.7 Å². The maximum atomic E-state index is 14.9. The molecule has 7 aromatic carbocycles. The second-order valence-electron chi connectivity index (χ2n) is 20.3. The number of phenolic OH excluding ortho intramolecular Hbond substituents is 1. The van der Waals surface area contributed by atoms with Crippen LogP contribution >= 0.6 is 11.3 Å². The SMILES string of the molecule is CC(C)(C)c1ccc(-n2c(-c3cc(C(C)(C)C)cc(C(C)(C)C)c3O)nc3c(-c4[c-]c(-c5nccc6c5sc5c7cc(F)cc(F)c7ccc65)ccc4)cccc32)c(-c2ccccc2)c1.[Pt]. The van der Waals surface area contributed by atoms with E-state index >= 15 is 0 Å².